The van der Waals surface area contributed by atoms with Crippen LogP contribution >= 0.6 is 0 Å². The van der Waals surface area contributed by atoms with Gasteiger partial charge >= 0.3 is 12.0 Å². The van der Waals surface area contributed by atoms with Gasteiger partial charge in [-0.05, 0) is 63.2 Å². The van der Waals surface area contributed by atoms with Crippen LogP contribution in [0.4, 0.5) is 10.2 Å². The molecule has 2 aromatic rings. The first-order valence-electron chi connectivity index (χ1n) is 15.4. The number of amides is 1. The number of halogens is 1. The van der Waals surface area contributed by atoms with Crippen LogP contribution in [0.25, 0.3) is 11.2 Å². The van der Waals surface area contributed by atoms with E-state index in [0.717, 1.165) is 57.8 Å². The number of fused-ring (bicyclic) bond motifs is 1. The van der Waals surface area contributed by atoms with Crippen molar-refractivity contribution in [1.82, 2.24) is 19.5 Å². The van der Waals surface area contributed by atoms with E-state index in [2.05, 4.69) is 33.1 Å². The Hall–Kier alpha value is -3.06. The second-order valence-corrected chi connectivity index (χ2v) is 12.2. The Morgan fingerprint density at radius 2 is 1.88 bits per heavy atom. The van der Waals surface area contributed by atoms with Gasteiger partial charge in [-0.15, -0.1) is 6.42 Å². The van der Waals surface area contributed by atoms with Crippen molar-refractivity contribution < 1.29 is 23.5 Å². The van der Waals surface area contributed by atoms with E-state index in [1.54, 1.807) is 4.57 Å². The summed E-state index contributed by atoms with van der Waals surface area (Å²) < 4.78 is 28.0. The van der Waals surface area contributed by atoms with Crippen LogP contribution < -0.4 is 5.32 Å². The zero-order valence-corrected chi connectivity index (χ0v) is 24.1. The van der Waals surface area contributed by atoms with Gasteiger partial charge in [0.25, 0.3) is 0 Å². The molecule has 1 spiro atoms. The van der Waals surface area contributed by atoms with Crippen LogP contribution in [0, 0.1) is 29.8 Å². The molecule has 2 aliphatic carbocycles. The van der Waals surface area contributed by atoms with Crippen molar-refractivity contribution in [3.8, 4) is 12.3 Å². The number of hydrogen-bond acceptors (Lipinski definition) is 7. The highest BCUT2D eigenvalue weighted by atomic mass is 19.1. The van der Waals surface area contributed by atoms with E-state index in [0.29, 0.717) is 24.7 Å². The van der Waals surface area contributed by atoms with E-state index in [-0.39, 0.29) is 41.4 Å². The number of nitrogens with one attached hydrogen (secondary N) is 1. The molecule has 1 aliphatic heterocycles. The number of terminal acetylenes is 1. The molecule has 2 saturated carbocycles. The molecule has 5 rings (SSSR count). The minimum Gasteiger partial charge on any atom is -0.461 e. The summed E-state index contributed by atoms with van der Waals surface area (Å²) in [5, 5.41) is 2.69. The number of aromatic nitrogens is 4. The van der Waals surface area contributed by atoms with Gasteiger partial charge in [0.05, 0.1) is 12.2 Å². The number of anilines is 1. The third kappa shape index (κ3) is 6.72. The lowest BCUT2D eigenvalue weighted by Gasteiger charge is -2.36. The molecule has 1 amide bonds. The highest BCUT2D eigenvalue weighted by Gasteiger charge is 2.43. The van der Waals surface area contributed by atoms with E-state index < -0.39 is 17.9 Å². The number of esters is 1. The molecular weight excluding hydrogens is 525 g/mol. The fraction of sp³-hybridized carbons (Fsp3) is 0.710. The van der Waals surface area contributed by atoms with Gasteiger partial charge in [-0.2, -0.15) is 14.4 Å². The minimum absolute atomic E-state index is 0.0317. The fourth-order valence-electron chi connectivity index (χ4n) is 6.85. The van der Waals surface area contributed by atoms with Crippen molar-refractivity contribution >= 4 is 28.9 Å². The summed E-state index contributed by atoms with van der Waals surface area (Å²) in [6.07, 6.45) is 21.3. The predicted molar refractivity (Wildman–Crippen MR) is 152 cm³/mol. The highest BCUT2D eigenvalue weighted by molar-refractivity contribution is 5.96. The normalized spacial score (nSPS) is 24.1. The molecule has 1 N–H and O–H groups in total. The Bertz CT molecular complexity index is 1270. The van der Waals surface area contributed by atoms with Crippen LogP contribution in [0.1, 0.15) is 116 Å². The number of imidazole rings is 1. The largest absolute Gasteiger partial charge is 0.461 e. The SMILES string of the molecule is C#C[C@@]1(COC(=O)C2CCC3(CCCC3)CC2)CC[C@H](n2cnc3c(NC(=O)CCCCCCC)nc(F)nc32)O1. The van der Waals surface area contributed by atoms with Crippen molar-refractivity contribution in [2.45, 2.75) is 121 Å². The number of nitrogens with zero attached hydrogens (tertiary/aromatic N) is 4. The molecule has 0 unspecified atom stereocenters. The van der Waals surface area contributed by atoms with Gasteiger partial charge in [-0.25, -0.2) is 4.98 Å². The lowest BCUT2D eigenvalue weighted by atomic mass is 9.69. The number of rotatable bonds is 11. The summed E-state index contributed by atoms with van der Waals surface area (Å²) in [4.78, 5) is 37.5. The Morgan fingerprint density at radius 3 is 2.61 bits per heavy atom. The zero-order valence-electron chi connectivity index (χ0n) is 24.1. The first kappa shape index (κ1) is 29.4. The monoisotopic (exact) mass is 567 g/mol. The van der Waals surface area contributed by atoms with Gasteiger partial charge in [-0.3, -0.25) is 14.2 Å². The molecule has 0 radical (unpaired) electrons. The summed E-state index contributed by atoms with van der Waals surface area (Å²) in [7, 11) is 0. The Morgan fingerprint density at radius 1 is 1.12 bits per heavy atom. The van der Waals surface area contributed by atoms with Crippen molar-refractivity contribution in [1.29, 1.82) is 0 Å². The maximum atomic E-state index is 14.4. The standard InChI is InChI=1S/C31H42FN5O4/c1-3-5-6-7-8-11-23(38)34-26-25-27(36-29(32)35-26)37(21-33-25)24-14-19-31(4-2,41-24)20-40-28(39)22-12-17-30(18-13-22)15-9-10-16-30/h2,21-22,24H,3,5-20H2,1H3,(H,34,35,36,38)/t24-,31+/m1/s1. The molecule has 2 aromatic heterocycles. The number of ether oxygens (including phenoxy) is 2. The quantitative estimate of drug-likeness (QED) is 0.148. The molecule has 3 heterocycles. The third-order valence-corrected chi connectivity index (χ3v) is 9.38. The molecule has 222 valence electrons. The van der Waals surface area contributed by atoms with Crippen LogP contribution in [0.5, 0.6) is 0 Å². The van der Waals surface area contributed by atoms with E-state index in [1.165, 1.54) is 32.0 Å². The predicted octanol–water partition coefficient (Wildman–Crippen LogP) is 6.24. The highest BCUT2D eigenvalue weighted by Crippen LogP contribution is 2.50. The van der Waals surface area contributed by atoms with Gasteiger partial charge in [0.2, 0.25) is 5.91 Å². The average Bonchev–Trinajstić information content (AvgIpc) is 3.71. The Kier molecular flexibility index (Phi) is 9.22. The molecule has 3 fully saturated rings. The topological polar surface area (TPSA) is 108 Å². The number of hydrogen-bond donors (Lipinski definition) is 1. The van der Waals surface area contributed by atoms with Gasteiger partial charge in [0.15, 0.2) is 22.6 Å². The van der Waals surface area contributed by atoms with Crippen molar-refractivity contribution in [2.24, 2.45) is 11.3 Å². The Labute approximate surface area is 241 Å². The van der Waals surface area contributed by atoms with Gasteiger partial charge in [0, 0.05) is 6.42 Å². The van der Waals surface area contributed by atoms with Gasteiger partial charge < -0.3 is 14.8 Å². The van der Waals surface area contributed by atoms with Crippen LogP contribution in [0.3, 0.4) is 0 Å². The molecular formula is C31H42FN5O4. The lowest BCUT2D eigenvalue weighted by Crippen LogP contribution is -2.36. The second kappa shape index (κ2) is 12.8. The molecule has 3 aliphatic rings. The van der Waals surface area contributed by atoms with Crippen LogP contribution in [0.15, 0.2) is 6.33 Å². The smallest absolute Gasteiger partial charge is 0.312 e. The lowest BCUT2D eigenvalue weighted by molar-refractivity contribution is -0.159. The molecule has 1 saturated heterocycles. The molecule has 41 heavy (non-hydrogen) atoms. The fourth-order valence-corrected chi connectivity index (χ4v) is 6.85. The zero-order chi connectivity index (χ0) is 28.9. The molecule has 9 nitrogen and oxygen atoms in total. The maximum absolute atomic E-state index is 14.4. The summed E-state index contributed by atoms with van der Waals surface area (Å²) in [6.45, 7) is 2.11. The minimum atomic E-state index is -1.08. The summed E-state index contributed by atoms with van der Waals surface area (Å²) >= 11 is 0. The number of carbonyl (C=O) groups excluding carboxylic acids is 2. The van der Waals surface area contributed by atoms with Crippen molar-refractivity contribution in [3.63, 3.8) is 0 Å². The van der Waals surface area contributed by atoms with Crippen LogP contribution in [0.2, 0.25) is 0 Å². The Balaban J connectivity index is 1.19. The average molecular weight is 568 g/mol. The first-order chi connectivity index (χ1) is 19.9. The van der Waals surface area contributed by atoms with Gasteiger partial charge in [0.1, 0.15) is 12.8 Å². The molecule has 10 heteroatoms. The second-order valence-electron chi connectivity index (χ2n) is 12.2. The van der Waals surface area contributed by atoms with E-state index >= 15 is 0 Å². The summed E-state index contributed by atoms with van der Waals surface area (Å²) in [5.41, 5.74) is -0.157. The van der Waals surface area contributed by atoms with E-state index in [4.69, 9.17) is 15.9 Å². The van der Waals surface area contributed by atoms with Crippen molar-refractivity contribution in [3.05, 3.63) is 12.4 Å². The van der Waals surface area contributed by atoms with Crippen LogP contribution in [-0.2, 0) is 19.1 Å². The van der Waals surface area contributed by atoms with E-state index in [9.17, 15) is 14.0 Å². The summed E-state index contributed by atoms with van der Waals surface area (Å²) in [6, 6.07) is 0. The van der Waals surface area contributed by atoms with Gasteiger partial charge in [-0.1, -0.05) is 51.4 Å². The number of carbonyl (C=O) groups is 2. The molecule has 0 aromatic carbocycles. The molecule has 2 atom stereocenters. The van der Waals surface area contributed by atoms with E-state index in [1.807, 2.05) is 0 Å². The number of unbranched alkanes of at least 4 members (excludes halogenated alkanes) is 4. The van der Waals surface area contributed by atoms with Crippen LogP contribution in [-0.4, -0.2) is 43.6 Å². The maximum Gasteiger partial charge on any atom is 0.312 e. The summed E-state index contributed by atoms with van der Waals surface area (Å²) in [5.74, 6) is 2.21. The van der Waals surface area contributed by atoms with Crippen molar-refractivity contribution in [2.75, 3.05) is 11.9 Å². The first-order valence-corrected chi connectivity index (χ1v) is 15.4. The molecule has 0 bridgehead atoms. The third-order valence-electron chi connectivity index (χ3n) is 9.38.